The SMILES string of the molecule is CCOP(=O)(OCC)[C@@H](CC)N[C@H](CC(C)C)C(=O)OC. The summed E-state index contributed by atoms with van der Waals surface area (Å²) in [5, 5.41) is 3.11. The summed E-state index contributed by atoms with van der Waals surface area (Å²) in [7, 11) is -1.95. The maximum atomic E-state index is 12.8. The topological polar surface area (TPSA) is 73.9 Å². The summed E-state index contributed by atoms with van der Waals surface area (Å²) >= 11 is 0. The van der Waals surface area contributed by atoms with Gasteiger partial charge in [0.05, 0.1) is 20.3 Å². The van der Waals surface area contributed by atoms with E-state index >= 15 is 0 Å². The van der Waals surface area contributed by atoms with Gasteiger partial charge >= 0.3 is 13.6 Å². The van der Waals surface area contributed by atoms with Gasteiger partial charge in [0.1, 0.15) is 11.8 Å². The molecule has 0 saturated heterocycles. The van der Waals surface area contributed by atoms with Gasteiger partial charge in [-0.2, -0.15) is 0 Å². The molecule has 0 radical (unpaired) electrons. The molecular weight excluding hydrogens is 293 g/mol. The first-order valence-corrected chi connectivity index (χ1v) is 9.18. The van der Waals surface area contributed by atoms with Crippen molar-refractivity contribution < 1.29 is 23.1 Å². The number of methoxy groups -OCH3 is 1. The Kier molecular flexibility index (Phi) is 10.1. The molecule has 0 fully saturated rings. The van der Waals surface area contributed by atoms with Gasteiger partial charge in [0.25, 0.3) is 0 Å². The van der Waals surface area contributed by atoms with E-state index in [2.05, 4.69) is 5.32 Å². The minimum absolute atomic E-state index is 0.294. The normalized spacial score (nSPS) is 15.0. The van der Waals surface area contributed by atoms with Gasteiger partial charge in [-0.25, -0.2) is 0 Å². The molecule has 126 valence electrons. The van der Waals surface area contributed by atoms with E-state index in [1.165, 1.54) is 7.11 Å². The van der Waals surface area contributed by atoms with Crippen LogP contribution in [0.3, 0.4) is 0 Å². The number of rotatable bonds is 11. The molecule has 0 heterocycles. The largest absolute Gasteiger partial charge is 0.468 e. The molecule has 2 atom stereocenters. The van der Waals surface area contributed by atoms with Crippen molar-refractivity contribution in [2.45, 2.75) is 59.3 Å². The molecule has 1 N–H and O–H groups in total. The molecule has 0 amide bonds. The first-order valence-electron chi connectivity index (χ1n) is 7.57. The Labute approximate surface area is 128 Å². The minimum Gasteiger partial charge on any atom is -0.468 e. The molecule has 0 aliphatic carbocycles. The summed E-state index contributed by atoms with van der Waals surface area (Å²) < 4.78 is 28.4. The molecule has 6 nitrogen and oxygen atoms in total. The second kappa shape index (κ2) is 10.3. The summed E-state index contributed by atoms with van der Waals surface area (Å²) in [6.45, 7) is 10.0. The molecule has 21 heavy (non-hydrogen) atoms. The molecule has 0 aliphatic heterocycles. The molecule has 0 bridgehead atoms. The van der Waals surface area contributed by atoms with Crippen molar-refractivity contribution in [1.29, 1.82) is 0 Å². The molecular formula is C14H30NO5P. The highest BCUT2D eigenvalue weighted by Gasteiger charge is 2.37. The Balaban J connectivity index is 5.12. The fourth-order valence-electron chi connectivity index (χ4n) is 2.09. The third-order valence-corrected chi connectivity index (χ3v) is 5.49. The lowest BCUT2D eigenvalue weighted by Crippen LogP contribution is -2.44. The summed E-state index contributed by atoms with van der Waals surface area (Å²) in [5.41, 5.74) is 0. The quantitative estimate of drug-likeness (QED) is 0.465. The Morgan fingerprint density at radius 2 is 1.67 bits per heavy atom. The smallest absolute Gasteiger partial charge is 0.347 e. The molecule has 0 aliphatic rings. The van der Waals surface area contributed by atoms with Gasteiger partial charge < -0.3 is 13.8 Å². The van der Waals surface area contributed by atoms with Crippen molar-refractivity contribution in [3.8, 4) is 0 Å². The van der Waals surface area contributed by atoms with Crippen molar-refractivity contribution >= 4 is 13.6 Å². The molecule has 7 heteroatoms. The lowest BCUT2D eigenvalue weighted by atomic mass is 10.0. The van der Waals surface area contributed by atoms with E-state index < -0.39 is 19.4 Å². The Hall–Kier alpha value is -0.420. The molecule has 0 spiro atoms. The monoisotopic (exact) mass is 323 g/mol. The Bertz CT molecular complexity index is 338. The Morgan fingerprint density at radius 3 is 2.00 bits per heavy atom. The predicted molar refractivity (Wildman–Crippen MR) is 83.3 cm³/mol. The van der Waals surface area contributed by atoms with Gasteiger partial charge in [-0.05, 0) is 32.6 Å². The number of esters is 1. The standard InChI is InChI=1S/C14H30NO5P/c1-7-13(21(17,19-8-2)20-9-3)15-12(10-11(4)5)14(16)18-6/h11-13,15H,7-10H2,1-6H3/t12-,13+/m1/s1. The summed E-state index contributed by atoms with van der Waals surface area (Å²) in [6.07, 6.45) is 1.13. The van der Waals surface area contributed by atoms with Crippen LogP contribution in [0.2, 0.25) is 0 Å². The lowest BCUT2D eigenvalue weighted by Gasteiger charge is -2.29. The van der Waals surface area contributed by atoms with Crippen LogP contribution in [0.25, 0.3) is 0 Å². The highest BCUT2D eigenvalue weighted by molar-refractivity contribution is 7.54. The summed E-state index contributed by atoms with van der Waals surface area (Å²) in [5.74, 6) is -0.584. The number of ether oxygens (including phenoxy) is 1. The molecule has 0 saturated carbocycles. The first kappa shape index (κ1) is 20.6. The molecule has 0 aromatic carbocycles. The predicted octanol–water partition coefficient (Wildman–Crippen LogP) is 3.17. The number of carbonyl (C=O) groups excluding carboxylic acids is 1. The zero-order chi connectivity index (χ0) is 16.5. The molecule has 0 aromatic rings. The highest BCUT2D eigenvalue weighted by atomic mass is 31.2. The number of nitrogens with one attached hydrogen (secondary N) is 1. The summed E-state index contributed by atoms with van der Waals surface area (Å²) in [6, 6.07) is -0.519. The number of carbonyl (C=O) groups is 1. The van der Waals surface area contributed by atoms with Gasteiger partial charge in [-0.15, -0.1) is 0 Å². The second-order valence-corrected chi connectivity index (χ2v) is 7.39. The van der Waals surface area contributed by atoms with Crippen LogP contribution < -0.4 is 5.32 Å². The van der Waals surface area contributed by atoms with Crippen LogP contribution in [0.4, 0.5) is 0 Å². The van der Waals surface area contributed by atoms with Crippen molar-refractivity contribution in [3.63, 3.8) is 0 Å². The van der Waals surface area contributed by atoms with Crippen molar-refractivity contribution in [1.82, 2.24) is 5.32 Å². The van der Waals surface area contributed by atoms with Crippen LogP contribution in [-0.2, 0) is 23.1 Å². The van der Waals surface area contributed by atoms with E-state index in [-0.39, 0.29) is 5.97 Å². The van der Waals surface area contributed by atoms with E-state index in [0.29, 0.717) is 32.0 Å². The molecule has 0 unspecified atom stereocenters. The number of hydrogen-bond acceptors (Lipinski definition) is 6. The van der Waals surface area contributed by atoms with Gasteiger partial charge in [-0.3, -0.25) is 14.7 Å². The fourth-order valence-corrected chi connectivity index (χ4v) is 4.05. The maximum absolute atomic E-state index is 12.8. The third kappa shape index (κ3) is 6.92. The van der Waals surface area contributed by atoms with E-state index in [0.717, 1.165) is 0 Å². The molecule has 0 rings (SSSR count). The average molecular weight is 323 g/mol. The van der Waals surface area contributed by atoms with Crippen LogP contribution in [0.1, 0.15) is 47.5 Å². The number of hydrogen-bond donors (Lipinski definition) is 1. The molecule has 0 aromatic heterocycles. The highest BCUT2D eigenvalue weighted by Crippen LogP contribution is 2.53. The van der Waals surface area contributed by atoms with Crippen molar-refractivity contribution in [3.05, 3.63) is 0 Å². The van der Waals surface area contributed by atoms with Crippen LogP contribution in [0.15, 0.2) is 0 Å². The van der Waals surface area contributed by atoms with Crippen molar-refractivity contribution in [2.75, 3.05) is 20.3 Å². The first-order chi connectivity index (χ1) is 9.84. The van der Waals surface area contributed by atoms with E-state index in [1.807, 2.05) is 20.8 Å². The average Bonchev–Trinajstić information content (AvgIpc) is 2.42. The van der Waals surface area contributed by atoms with Gasteiger partial charge in [-0.1, -0.05) is 20.8 Å². The van der Waals surface area contributed by atoms with E-state index in [4.69, 9.17) is 13.8 Å². The van der Waals surface area contributed by atoms with Crippen molar-refractivity contribution in [2.24, 2.45) is 5.92 Å². The van der Waals surface area contributed by atoms with Gasteiger partial charge in [0, 0.05) is 0 Å². The van der Waals surface area contributed by atoms with Crippen LogP contribution in [-0.4, -0.2) is 38.1 Å². The van der Waals surface area contributed by atoms with Crippen LogP contribution in [0, 0.1) is 5.92 Å². The van der Waals surface area contributed by atoms with Crippen LogP contribution >= 0.6 is 7.60 Å². The third-order valence-electron chi connectivity index (χ3n) is 2.97. The zero-order valence-electron chi connectivity index (χ0n) is 14.0. The minimum atomic E-state index is -3.30. The maximum Gasteiger partial charge on any atom is 0.347 e. The van der Waals surface area contributed by atoms with E-state index in [9.17, 15) is 9.36 Å². The Morgan fingerprint density at radius 1 is 1.14 bits per heavy atom. The fraction of sp³-hybridized carbons (Fsp3) is 0.929. The van der Waals surface area contributed by atoms with E-state index in [1.54, 1.807) is 13.8 Å². The van der Waals surface area contributed by atoms with Crippen LogP contribution in [0.5, 0.6) is 0 Å². The van der Waals surface area contributed by atoms with Gasteiger partial charge in [0.2, 0.25) is 0 Å². The zero-order valence-corrected chi connectivity index (χ0v) is 14.9. The second-order valence-electron chi connectivity index (χ2n) is 5.17. The summed E-state index contributed by atoms with van der Waals surface area (Å²) in [4.78, 5) is 11.9. The van der Waals surface area contributed by atoms with Gasteiger partial charge in [0.15, 0.2) is 0 Å². The lowest BCUT2D eigenvalue weighted by molar-refractivity contribution is -0.143.